The summed E-state index contributed by atoms with van der Waals surface area (Å²) in [5.41, 5.74) is 1.58. The van der Waals surface area contributed by atoms with Gasteiger partial charge in [-0.2, -0.15) is 0 Å². The molecule has 0 unspecified atom stereocenters. The maximum atomic E-state index is 12.0. The van der Waals surface area contributed by atoms with Gasteiger partial charge >= 0.3 is 6.03 Å². The zero-order valence-corrected chi connectivity index (χ0v) is 14.4. The predicted octanol–water partition coefficient (Wildman–Crippen LogP) is 2.48. The molecule has 2 N–H and O–H groups in total. The van der Waals surface area contributed by atoms with Crippen LogP contribution in [0.2, 0.25) is 0 Å². The monoisotopic (exact) mass is 340 g/mol. The summed E-state index contributed by atoms with van der Waals surface area (Å²) in [4.78, 5) is 12.0. The molecule has 1 heterocycles. The molecule has 0 spiro atoms. The summed E-state index contributed by atoms with van der Waals surface area (Å²) in [6.07, 6.45) is 2.56. The first kappa shape index (κ1) is 17.6. The molecule has 1 aliphatic heterocycles. The summed E-state index contributed by atoms with van der Waals surface area (Å²) in [6, 6.07) is 4.80. The van der Waals surface area contributed by atoms with Crippen LogP contribution >= 0.6 is 0 Å². The van der Waals surface area contributed by atoms with Gasteiger partial charge in [-0.05, 0) is 43.5 Å². The Morgan fingerprint density at radius 2 is 2.17 bits per heavy atom. The molecule has 1 aliphatic rings. The Hall–Kier alpha value is -1.76. The van der Waals surface area contributed by atoms with Crippen molar-refractivity contribution >= 4 is 21.6 Å². The van der Waals surface area contributed by atoms with Crippen LogP contribution in [-0.2, 0) is 9.84 Å². The number of sulfone groups is 1. The van der Waals surface area contributed by atoms with Crippen LogP contribution in [0.4, 0.5) is 10.5 Å². The summed E-state index contributed by atoms with van der Waals surface area (Å²) < 4.78 is 28.4. The van der Waals surface area contributed by atoms with Crippen molar-refractivity contribution in [1.29, 1.82) is 0 Å². The van der Waals surface area contributed by atoms with Crippen LogP contribution in [0.25, 0.3) is 0 Å². The Labute approximate surface area is 137 Å². The normalized spacial score (nSPS) is 19.3. The van der Waals surface area contributed by atoms with E-state index >= 15 is 0 Å². The third-order valence-corrected chi connectivity index (χ3v) is 5.55. The smallest absolute Gasteiger partial charge is 0.319 e. The first-order valence-electron chi connectivity index (χ1n) is 7.91. The molecule has 1 fully saturated rings. The second-order valence-electron chi connectivity index (χ2n) is 5.88. The van der Waals surface area contributed by atoms with Gasteiger partial charge in [0, 0.05) is 11.7 Å². The van der Waals surface area contributed by atoms with E-state index in [1.807, 2.05) is 19.1 Å². The van der Waals surface area contributed by atoms with Gasteiger partial charge in [-0.3, -0.25) is 0 Å². The highest BCUT2D eigenvalue weighted by Gasteiger charge is 2.28. The van der Waals surface area contributed by atoms with Crippen LogP contribution in [-0.4, -0.2) is 38.6 Å². The van der Waals surface area contributed by atoms with Gasteiger partial charge in [0.2, 0.25) is 0 Å². The first-order chi connectivity index (χ1) is 10.9. The molecule has 1 atom stereocenters. The van der Waals surface area contributed by atoms with Gasteiger partial charge in [0.15, 0.2) is 9.84 Å². The van der Waals surface area contributed by atoms with Crippen LogP contribution < -0.4 is 15.4 Å². The van der Waals surface area contributed by atoms with Crippen molar-refractivity contribution in [3.8, 4) is 5.75 Å². The van der Waals surface area contributed by atoms with E-state index in [1.54, 1.807) is 6.07 Å². The number of aryl methyl sites for hydroxylation is 1. The molecule has 1 saturated heterocycles. The summed E-state index contributed by atoms with van der Waals surface area (Å²) in [5, 5.41) is 5.46. The van der Waals surface area contributed by atoms with Gasteiger partial charge in [0.1, 0.15) is 5.75 Å². The minimum atomic E-state index is -3.00. The molecular formula is C16H24N2O4S. The van der Waals surface area contributed by atoms with Crippen molar-refractivity contribution < 1.29 is 17.9 Å². The fraction of sp³-hybridized carbons (Fsp3) is 0.562. The Morgan fingerprint density at radius 3 is 2.78 bits per heavy atom. The van der Waals surface area contributed by atoms with Crippen LogP contribution in [0.5, 0.6) is 5.75 Å². The number of hydrogen-bond donors (Lipinski definition) is 2. The van der Waals surface area contributed by atoms with E-state index in [1.165, 1.54) is 0 Å². The molecule has 0 aromatic heterocycles. The average molecular weight is 340 g/mol. The molecule has 6 nitrogen and oxygen atoms in total. The molecule has 2 rings (SSSR count). The van der Waals surface area contributed by atoms with E-state index < -0.39 is 9.84 Å². The SMILES string of the molecule is CCCCOc1ccc(NC(=O)N[C@H]2CCS(=O)(=O)C2)c(C)c1. The summed E-state index contributed by atoms with van der Waals surface area (Å²) >= 11 is 0. The van der Waals surface area contributed by atoms with Gasteiger partial charge in [-0.25, -0.2) is 13.2 Å². The van der Waals surface area contributed by atoms with Crippen molar-refractivity contribution in [3.63, 3.8) is 0 Å². The number of benzene rings is 1. The molecule has 23 heavy (non-hydrogen) atoms. The Bertz CT molecular complexity index is 658. The number of rotatable bonds is 6. The number of ether oxygens (including phenoxy) is 1. The number of anilines is 1. The van der Waals surface area contributed by atoms with Crippen LogP contribution in [0.3, 0.4) is 0 Å². The van der Waals surface area contributed by atoms with Crippen molar-refractivity contribution in [2.75, 3.05) is 23.4 Å². The van der Waals surface area contributed by atoms with Crippen molar-refractivity contribution in [2.45, 2.75) is 39.2 Å². The molecule has 0 radical (unpaired) electrons. The fourth-order valence-corrected chi connectivity index (χ4v) is 4.13. The molecule has 1 aromatic rings. The largest absolute Gasteiger partial charge is 0.494 e. The summed E-state index contributed by atoms with van der Waals surface area (Å²) in [5.74, 6) is 0.938. The lowest BCUT2D eigenvalue weighted by atomic mass is 10.2. The van der Waals surface area contributed by atoms with E-state index in [0.717, 1.165) is 24.2 Å². The van der Waals surface area contributed by atoms with E-state index in [-0.39, 0.29) is 23.6 Å². The summed E-state index contributed by atoms with van der Waals surface area (Å²) in [6.45, 7) is 4.68. The minimum Gasteiger partial charge on any atom is -0.494 e. The maximum absolute atomic E-state index is 12.0. The highest BCUT2D eigenvalue weighted by molar-refractivity contribution is 7.91. The lowest BCUT2D eigenvalue weighted by Crippen LogP contribution is -2.38. The van der Waals surface area contributed by atoms with E-state index in [9.17, 15) is 13.2 Å². The Balaban J connectivity index is 1.88. The van der Waals surface area contributed by atoms with E-state index in [4.69, 9.17) is 4.74 Å². The van der Waals surface area contributed by atoms with Gasteiger partial charge in [0.05, 0.1) is 18.1 Å². The lowest BCUT2D eigenvalue weighted by molar-refractivity contribution is 0.249. The number of carbonyl (C=O) groups excluding carboxylic acids is 1. The van der Waals surface area contributed by atoms with Gasteiger partial charge in [-0.1, -0.05) is 13.3 Å². The van der Waals surface area contributed by atoms with Crippen LogP contribution in [0, 0.1) is 6.92 Å². The first-order valence-corrected chi connectivity index (χ1v) is 9.73. The van der Waals surface area contributed by atoms with Crippen molar-refractivity contribution in [3.05, 3.63) is 23.8 Å². The van der Waals surface area contributed by atoms with Crippen molar-refractivity contribution in [1.82, 2.24) is 5.32 Å². The number of nitrogens with one attached hydrogen (secondary N) is 2. The molecule has 2 amide bonds. The number of urea groups is 1. The predicted molar refractivity (Wildman–Crippen MR) is 90.8 cm³/mol. The molecular weight excluding hydrogens is 316 g/mol. The number of carbonyl (C=O) groups is 1. The Morgan fingerprint density at radius 1 is 1.39 bits per heavy atom. The molecule has 0 aliphatic carbocycles. The fourth-order valence-electron chi connectivity index (χ4n) is 2.45. The molecule has 0 saturated carbocycles. The zero-order chi connectivity index (χ0) is 16.9. The quantitative estimate of drug-likeness (QED) is 0.779. The van der Waals surface area contributed by atoms with Crippen LogP contribution in [0.1, 0.15) is 31.7 Å². The number of hydrogen-bond acceptors (Lipinski definition) is 4. The third-order valence-electron chi connectivity index (χ3n) is 3.78. The van der Waals surface area contributed by atoms with Gasteiger partial charge < -0.3 is 15.4 Å². The Kier molecular flexibility index (Phi) is 5.87. The minimum absolute atomic E-state index is 0.0175. The van der Waals surface area contributed by atoms with Gasteiger partial charge in [0.25, 0.3) is 0 Å². The average Bonchev–Trinajstić information content (AvgIpc) is 2.81. The summed E-state index contributed by atoms with van der Waals surface area (Å²) in [7, 11) is -3.00. The molecule has 1 aromatic carbocycles. The number of unbranched alkanes of at least 4 members (excludes halogenated alkanes) is 1. The highest BCUT2D eigenvalue weighted by Crippen LogP contribution is 2.21. The topological polar surface area (TPSA) is 84.5 Å². The highest BCUT2D eigenvalue weighted by atomic mass is 32.2. The molecule has 0 bridgehead atoms. The van der Waals surface area contributed by atoms with Crippen molar-refractivity contribution in [2.24, 2.45) is 0 Å². The third kappa shape index (κ3) is 5.42. The second-order valence-corrected chi connectivity index (χ2v) is 8.11. The van der Waals surface area contributed by atoms with Gasteiger partial charge in [-0.15, -0.1) is 0 Å². The number of amides is 2. The maximum Gasteiger partial charge on any atom is 0.319 e. The molecule has 7 heteroatoms. The standard InChI is InChI=1S/C16H24N2O4S/c1-3-4-8-22-14-5-6-15(12(2)10-14)18-16(19)17-13-7-9-23(20,21)11-13/h5-6,10,13H,3-4,7-9,11H2,1-2H3,(H2,17,18,19)/t13-/m0/s1. The van der Waals surface area contributed by atoms with E-state index in [2.05, 4.69) is 17.6 Å². The lowest BCUT2D eigenvalue weighted by Gasteiger charge is -2.14. The second kappa shape index (κ2) is 7.68. The molecule has 128 valence electrons. The van der Waals surface area contributed by atoms with E-state index in [0.29, 0.717) is 18.7 Å². The van der Waals surface area contributed by atoms with Crippen LogP contribution in [0.15, 0.2) is 18.2 Å². The zero-order valence-electron chi connectivity index (χ0n) is 13.6.